The maximum atomic E-state index is 13.2. The largest absolute Gasteiger partial charge is 0.330 e. The molecule has 14 heavy (non-hydrogen) atoms. The Labute approximate surface area is 84.7 Å². The first-order valence-electron chi connectivity index (χ1n) is 4.00. The van der Waals surface area contributed by atoms with E-state index in [0.29, 0.717) is 0 Å². The second-order valence-electron chi connectivity index (χ2n) is 2.81. The summed E-state index contributed by atoms with van der Waals surface area (Å²) in [5.41, 5.74) is 4.94. The molecule has 0 aromatic heterocycles. The molecule has 0 radical (unpaired) electrons. The molecule has 1 atom stereocenters. The standard InChI is InChI=1S/C9H9ClF3N/c10-6-2-1-3-7(11)8(6)5(4-14)9(12)13/h1-3,5,9H,4,14H2. The van der Waals surface area contributed by atoms with Crippen LogP contribution in [-0.4, -0.2) is 13.0 Å². The minimum Gasteiger partial charge on any atom is -0.330 e. The van der Waals surface area contributed by atoms with E-state index >= 15 is 0 Å². The number of hydrogen-bond acceptors (Lipinski definition) is 1. The molecule has 0 spiro atoms. The maximum Gasteiger partial charge on any atom is 0.246 e. The number of nitrogens with two attached hydrogens (primary N) is 1. The van der Waals surface area contributed by atoms with Crippen molar-refractivity contribution in [3.05, 3.63) is 34.6 Å². The van der Waals surface area contributed by atoms with Gasteiger partial charge in [-0.15, -0.1) is 0 Å². The molecule has 1 rings (SSSR count). The lowest BCUT2D eigenvalue weighted by Crippen LogP contribution is -2.21. The van der Waals surface area contributed by atoms with Crippen LogP contribution in [0.25, 0.3) is 0 Å². The highest BCUT2D eigenvalue weighted by Gasteiger charge is 2.25. The van der Waals surface area contributed by atoms with Crippen LogP contribution >= 0.6 is 11.6 Å². The zero-order valence-corrected chi connectivity index (χ0v) is 7.94. The lowest BCUT2D eigenvalue weighted by Gasteiger charge is -2.16. The van der Waals surface area contributed by atoms with Crippen molar-refractivity contribution in [1.29, 1.82) is 0 Å². The van der Waals surface area contributed by atoms with Gasteiger partial charge in [0.1, 0.15) is 5.82 Å². The average Bonchev–Trinajstić information content (AvgIpc) is 2.10. The third kappa shape index (κ3) is 2.19. The van der Waals surface area contributed by atoms with E-state index in [-0.39, 0.29) is 17.1 Å². The Morgan fingerprint density at radius 1 is 1.36 bits per heavy atom. The molecular weight excluding hydrogens is 215 g/mol. The molecule has 5 heteroatoms. The first-order chi connectivity index (χ1) is 6.57. The van der Waals surface area contributed by atoms with Crippen LogP contribution in [0.5, 0.6) is 0 Å². The Hall–Kier alpha value is -0.740. The van der Waals surface area contributed by atoms with Crippen molar-refractivity contribution in [2.75, 3.05) is 6.54 Å². The average molecular weight is 224 g/mol. The van der Waals surface area contributed by atoms with Gasteiger partial charge in [-0.05, 0) is 12.1 Å². The molecule has 78 valence electrons. The zero-order chi connectivity index (χ0) is 10.7. The predicted octanol–water partition coefficient (Wildman–Crippen LogP) is 2.79. The molecular formula is C9H9ClF3N. The second kappa shape index (κ2) is 4.66. The van der Waals surface area contributed by atoms with Crippen molar-refractivity contribution < 1.29 is 13.2 Å². The number of halogens is 4. The van der Waals surface area contributed by atoms with Crippen LogP contribution in [0.1, 0.15) is 11.5 Å². The smallest absolute Gasteiger partial charge is 0.246 e. The summed E-state index contributed by atoms with van der Waals surface area (Å²) in [6.45, 7) is -0.335. The summed E-state index contributed by atoms with van der Waals surface area (Å²) in [5, 5.41) is -0.0132. The number of hydrogen-bond donors (Lipinski definition) is 1. The van der Waals surface area contributed by atoms with Gasteiger partial charge in [-0.1, -0.05) is 17.7 Å². The summed E-state index contributed by atoms with van der Waals surface area (Å²) in [6.07, 6.45) is -2.71. The van der Waals surface area contributed by atoms with E-state index in [2.05, 4.69) is 0 Å². The van der Waals surface area contributed by atoms with Crippen LogP contribution in [0.15, 0.2) is 18.2 Å². The highest BCUT2D eigenvalue weighted by Crippen LogP contribution is 2.30. The minimum atomic E-state index is -2.71. The highest BCUT2D eigenvalue weighted by atomic mass is 35.5. The van der Waals surface area contributed by atoms with Crippen LogP contribution in [0, 0.1) is 5.82 Å². The fourth-order valence-corrected chi connectivity index (χ4v) is 1.51. The van der Waals surface area contributed by atoms with Crippen molar-refractivity contribution in [3.63, 3.8) is 0 Å². The van der Waals surface area contributed by atoms with Crippen LogP contribution in [0.4, 0.5) is 13.2 Å². The van der Waals surface area contributed by atoms with Gasteiger partial charge in [-0.2, -0.15) is 0 Å². The molecule has 0 aliphatic carbocycles. The van der Waals surface area contributed by atoms with Gasteiger partial charge in [0.25, 0.3) is 0 Å². The van der Waals surface area contributed by atoms with Crippen molar-refractivity contribution >= 4 is 11.6 Å². The number of rotatable bonds is 3. The number of alkyl halides is 2. The summed E-state index contributed by atoms with van der Waals surface area (Å²) >= 11 is 5.62. The van der Waals surface area contributed by atoms with Gasteiger partial charge >= 0.3 is 0 Å². The molecule has 0 aliphatic heterocycles. The quantitative estimate of drug-likeness (QED) is 0.838. The minimum absolute atomic E-state index is 0.0132. The molecule has 0 saturated carbocycles. The number of benzene rings is 1. The van der Waals surface area contributed by atoms with Crippen molar-refractivity contribution in [2.45, 2.75) is 12.3 Å². The summed E-state index contributed by atoms with van der Waals surface area (Å²) in [4.78, 5) is 0. The van der Waals surface area contributed by atoms with Gasteiger partial charge < -0.3 is 5.73 Å². The Morgan fingerprint density at radius 2 is 2.00 bits per heavy atom. The summed E-state index contributed by atoms with van der Waals surface area (Å²) in [6, 6.07) is 3.82. The molecule has 0 saturated heterocycles. The van der Waals surface area contributed by atoms with Crippen molar-refractivity contribution in [3.8, 4) is 0 Å². The molecule has 1 aromatic rings. The van der Waals surface area contributed by atoms with E-state index in [9.17, 15) is 13.2 Å². The molecule has 1 nitrogen and oxygen atoms in total. The fourth-order valence-electron chi connectivity index (χ4n) is 1.21. The van der Waals surface area contributed by atoms with E-state index in [0.717, 1.165) is 6.07 Å². The maximum absolute atomic E-state index is 13.2. The van der Waals surface area contributed by atoms with Crippen LogP contribution in [-0.2, 0) is 0 Å². The summed E-state index contributed by atoms with van der Waals surface area (Å²) in [5.74, 6) is -2.09. The molecule has 0 fully saturated rings. The first-order valence-corrected chi connectivity index (χ1v) is 4.37. The molecule has 2 N–H and O–H groups in total. The Kier molecular flexibility index (Phi) is 3.77. The molecule has 1 aromatic carbocycles. The highest BCUT2D eigenvalue weighted by molar-refractivity contribution is 6.31. The second-order valence-corrected chi connectivity index (χ2v) is 3.22. The Bertz CT molecular complexity index is 297. The molecule has 1 unspecified atom stereocenters. The van der Waals surface area contributed by atoms with Crippen molar-refractivity contribution in [1.82, 2.24) is 0 Å². The van der Waals surface area contributed by atoms with Gasteiger partial charge in [0.15, 0.2) is 0 Å². The van der Waals surface area contributed by atoms with Crippen molar-refractivity contribution in [2.24, 2.45) is 5.73 Å². The normalized spacial score (nSPS) is 13.3. The fraction of sp³-hybridized carbons (Fsp3) is 0.333. The van der Waals surface area contributed by atoms with E-state index < -0.39 is 18.2 Å². The van der Waals surface area contributed by atoms with Gasteiger partial charge in [0.2, 0.25) is 6.43 Å². The van der Waals surface area contributed by atoms with Gasteiger partial charge in [-0.25, -0.2) is 13.2 Å². The lowest BCUT2D eigenvalue weighted by molar-refractivity contribution is 0.115. The van der Waals surface area contributed by atoms with E-state index in [1.165, 1.54) is 12.1 Å². The van der Waals surface area contributed by atoms with Crippen LogP contribution in [0.3, 0.4) is 0 Å². The molecule has 0 bridgehead atoms. The van der Waals surface area contributed by atoms with Crippen LogP contribution < -0.4 is 5.73 Å². The topological polar surface area (TPSA) is 26.0 Å². The third-order valence-corrected chi connectivity index (χ3v) is 2.26. The SMILES string of the molecule is NCC(c1c(F)cccc1Cl)C(F)F. The lowest BCUT2D eigenvalue weighted by atomic mass is 9.99. The summed E-state index contributed by atoms with van der Waals surface area (Å²) in [7, 11) is 0. The van der Waals surface area contributed by atoms with E-state index in [4.69, 9.17) is 17.3 Å². The van der Waals surface area contributed by atoms with Gasteiger partial charge in [0.05, 0.1) is 5.92 Å². The monoisotopic (exact) mass is 223 g/mol. The third-order valence-electron chi connectivity index (χ3n) is 1.93. The predicted molar refractivity (Wildman–Crippen MR) is 49.2 cm³/mol. The molecule has 0 amide bonds. The van der Waals surface area contributed by atoms with E-state index in [1.807, 2.05) is 0 Å². The van der Waals surface area contributed by atoms with Gasteiger partial charge in [0, 0.05) is 17.1 Å². The van der Waals surface area contributed by atoms with Gasteiger partial charge in [-0.3, -0.25) is 0 Å². The first kappa shape index (κ1) is 11.3. The molecule has 0 heterocycles. The van der Waals surface area contributed by atoms with Crippen LogP contribution in [0.2, 0.25) is 5.02 Å². The molecule has 0 aliphatic rings. The van der Waals surface area contributed by atoms with E-state index in [1.54, 1.807) is 0 Å². The summed E-state index contributed by atoms with van der Waals surface area (Å²) < 4.78 is 38.1. The zero-order valence-electron chi connectivity index (χ0n) is 7.18. The Balaban J connectivity index is 3.15. The Morgan fingerprint density at radius 3 is 2.43 bits per heavy atom.